The molecule has 0 amide bonds. The molecule has 1 aromatic rings. The number of rotatable bonds is 5. The summed E-state index contributed by atoms with van der Waals surface area (Å²) in [5.74, 6) is -0.0631. The monoisotopic (exact) mass is 296 g/mol. The minimum absolute atomic E-state index is 0.0643. The quantitative estimate of drug-likeness (QED) is 0.845. The third-order valence-corrected chi connectivity index (χ3v) is 3.76. The summed E-state index contributed by atoms with van der Waals surface area (Å²) in [6.45, 7) is 3.65. The molecule has 0 saturated carbocycles. The van der Waals surface area contributed by atoms with Crippen LogP contribution in [-0.4, -0.2) is 28.9 Å². The van der Waals surface area contributed by atoms with Crippen molar-refractivity contribution in [2.75, 3.05) is 11.9 Å². The third kappa shape index (κ3) is 3.10. The minimum Gasteiger partial charge on any atom is -0.451 e. The van der Waals surface area contributed by atoms with Crippen LogP contribution in [0.1, 0.15) is 26.7 Å². The van der Waals surface area contributed by atoms with E-state index in [0.717, 1.165) is 0 Å². The second-order valence-electron chi connectivity index (χ2n) is 5.10. The van der Waals surface area contributed by atoms with Crippen LogP contribution in [-0.2, 0) is 14.3 Å². The van der Waals surface area contributed by atoms with Crippen LogP contribution in [0.25, 0.3) is 0 Å². The van der Waals surface area contributed by atoms with Crippen molar-refractivity contribution in [3.63, 3.8) is 0 Å². The summed E-state index contributed by atoms with van der Waals surface area (Å²) in [5.41, 5.74) is -1.03. The van der Waals surface area contributed by atoms with Crippen LogP contribution in [0.2, 0.25) is 5.02 Å². The molecule has 0 aromatic carbocycles. The molecule has 2 atom stereocenters. The number of cyclic esters (lactones) is 1. The lowest BCUT2D eigenvalue weighted by Crippen LogP contribution is -2.39. The number of hydrogen-bond donors (Lipinski definition) is 1. The Morgan fingerprint density at radius 2 is 2.35 bits per heavy atom. The second kappa shape index (κ2) is 5.79. The summed E-state index contributed by atoms with van der Waals surface area (Å²) in [6.07, 6.45) is 2.63. The first-order chi connectivity index (χ1) is 9.44. The van der Waals surface area contributed by atoms with E-state index < -0.39 is 5.60 Å². The first-order valence-electron chi connectivity index (χ1n) is 6.56. The van der Waals surface area contributed by atoms with Crippen molar-refractivity contribution in [2.24, 2.45) is 5.92 Å². The molecule has 2 unspecified atom stereocenters. The van der Waals surface area contributed by atoms with Crippen molar-refractivity contribution in [3.8, 4) is 0 Å². The van der Waals surface area contributed by atoms with Crippen LogP contribution in [0.15, 0.2) is 18.3 Å². The zero-order valence-corrected chi connectivity index (χ0v) is 12.2. The fraction of sp³-hybridized carbons (Fsp3) is 0.500. The first kappa shape index (κ1) is 14.8. The van der Waals surface area contributed by atoms with Crippen molar-refractivity contribution in [1.82, 2.24) is 4.98 Å². The molecule has 1 aromatic heterocycles. The molecule has 6 heteroatoms. The predicted octanol–water partition coefficient (Wildman–Crippen LogP) is 2.45. The highest BCUT2D eigenvalue weighted by Gasteiger charge is 2.47. The number of esters is 1. The maximum atomic E-state index is 12.2. The molecule has 20 heavy (non-hydrogen) atoms. The summed E-state index contributed by atoms with van der Waals surface area (Å²) in [4.78, 5) is 27.9. The number of Topliss-reactive ketones (excluding diaryl/α,β-unsaturated/α-hetero) is 1. The molecular weight excluding hydrogens is 280 g/mol. The van der Waals surface area contributed by atoms with Gasteiger partial charge in [-0.15, -0.1) is 0 Å². The van der Waals surface area contributed by atoms with Crippen LogP contribution >= 0.6 is 11.6 Å². The van der Waals surface area contributed by atoms with Crippen molar-refractivity contribution in [3.05, 3.63) is 23.4 Å². The fourth-order valence-electron chi connectivity index (χ4n) is 2.22. The molecule has 1 aliphatic heterocycles. The number of anilines is 1. The van der Waals surface area contributed by atoms with Gasteiger partial charge in [-0.3, -0.25) is 9.59 Å². The lowest BCUT2D eigenvalue weighted by Gasteiger charge is -2.21. The van der Waals surface area contributed by atoms with Crippen LogP contribution in [0.5, 0.6) is 0 Å². The fourth-order valence-corrected chi connectivity index (χ4v) is 2.33. The van der Waals surface area contributed by atoms with Gasteiger partial charge in [0.25, 0.3) is 0 Å². The Morgan fingerprint density at radius 3 is 2.90 bits per heavy atom. The molecule has 0 spiro atoms. The summed E-state index contributed by atoms with van der Waals surface area (Å²) in [6, 6.07) is 3.37. The number of halogens is 1. The van der Waals surface area contributed by atoms with Crippen LogP contribution in [0, 0.1) is 5.92 Å². The zero-order valence-electron chi connectivity index (χ0n) is 11.5. The third-order valence-electron chi connectivity index (χ3n) is 3.54. The predicted molar refractivity (Wildman–Crippen MR) is 75.6 cm³/mol. The van der Waals surface area contributed by atoms with Gasteiger partial charge in [-0.05, 0) is 25.5 Å². The van der Waals surface area contributed by atoms with Crippen LogP contribution in [0.3, 0.4) is 0 Å². The number of aromatic nitrogens is 1. The largest absolute Gasteiger partial charge is 0.451 e. The average Bonchev–Trinajstić information content (AvgIpc) is 2.73. The van der Waals surface area contributed by atoms with Crippen molar-refractivity contribution < 1.29 is 14.3 Å². The van der Waals surface area contributed by atoms with Gasteiger partial charge in [-0.1, -0.05) is 18.5 Å². The van der Waals surface area contributed by atoms with Gasteiger partial charge in [-0.25, -0.2) is 4.98 Å². The topological polar surface area (TPSA) is 68.3 Å². The molecule has 5 nitrogen and oxygen atoms in total. The number of carbonyl (C=O) groups excluding carboxylic acids is 2. The Kier molecular flexibility index (Phi) is 4.28. The number of nitrogens with one attached hydrogen (secondary N) is 1. The molecule has 1 aliphatic rings. The van der Waals surface area contributed by atoms with E-state index in [9.17, 15) is 9.59 Å². The van der Waals surface area contributed by atoms with E-state index >= 15 is 0 Å². The van der Waals surface area contributed by atoms with E-state index in [1.165, 1.54) is 6.20 Å². The van der Waals surface area contributed by atoms with E-state index in [2.05, 4.69) is 10.3 Å². The Labute approximate surface area is 122 Å². The summed E-state index contributed by atoms with van der Waals surface area (Å²) in [5, 5.41) is 3.44. The Bertz CT molecular complexity index is 518. The van der Waals surface area contributed by atoms with Crippen molar-refractivity contribution >= 4 is 29.2 Å². The van der Waals surface area contributed by atoms with Crippen molar-refractivity contribution in [1.29, 1.82) is 0 Å². The number of hydrogen-bond acceptors (Lipinski definition) is 5. The molecule has 1 fully saturated rings. The Hall–Kier alpha value is -1.62. The summed E-state index contributed by atoms with van der Waals surface area (Å²) in [7, 11) is 0. The molecule has 1 N–H and O–H groups in total. The lowest BCUT2D eigenvalue weighted by atomic mass is 9.90. The smallest absolute Gasteiger partial charge is 0.310 e. The number of ether oxygens (including phenoxy) is 1. The number of pyridine rings is 1. The van der Waals surface area contributed by atoms with Gasteiger partial charge in [0, 0.05) is 12.6 Å². The highest BCUT2D eigenvalue weighted by molar-refractivity contribution is 6.30. The maximum Gasteiger partial charge on any atom is 0.310 e. The molecule has 108 valence electrons. The number of ketones is 1. The van der Waals surface area contributed by atoms with Gasteiger partial charge < -0.3 is 10.1 Å². The summed E-state index contributed by atoms with van der Waals surface area (Å²) >= 11 is 5.73. The Morgan fingerprint density at radius 1 is 1.60 bits per heavy atom. The molecule has 2 rings (SSSR count). The van der Waals surface area contributed by atoms with Gasteiger partial charge in [0.2, 0.25) is 0 Å². The van der Waals surface area contributed by atoms with E-state index in [1.807, 2.05) is 6.92 Å². The van der Waals surface area contributed by atoms with Crippen LogP contribution in [0.4, 0.5) is 5.82 Å². The normalized spacial score (nSPS) is 25.4. The molecule has 0 aliphatic carbocycles. The van der Waals surface area contributed by atoms with E-state index in [-0.39, 0.29) is 24.2 Å². The molecule has 1 saturated heterocycles. The maximum absolute atomic E-state index is 12.2. The molecule has 2 heterocycles. The second-order valence-corrected chi connectivity index (χ2v) is 5.54. The lowest BCUT2D eigenvalue weighted by molar-refractivity contribution is -0.156. The molecule has 0 bridgehead atoms. The highest BCUT2D eigenvalue weighted by Crippen LogP contribution is 2.33. The van der Waals surface area contributed by atoms with E-state index in [1.54, 1.807) is 19.1 Å². The SMILES string of the molecule is CCC1CC(C)(C(=O)CNc2ccc(Cl)cn2)OC1=O. The van der Waals surface area contributed by atoms with Crippen molar-refractivity contribution in [2.45, 2.75) is 32.3 Å². The number of carbonyl (C=O) groups is 2. The van der Waals surface area contributed by atoms with Gasteiger partial charge >= 0.3 is 5.97 Å². The van der Waals surface area contributed by atoms with Crippen LogP contribution < -0.4 is 5.32 Å². The minimum atomic E-state index is -1.03. The summed E-state index contributed by atoms with van der Waals surface area (Å²) < 4.78 is 5.25. The standard InChI is InChI=1S/C14H17ClN2O3/c1-3-9-6-14(2,20-13(9)19)11(18)8-17-12-5-4-10(15)7-16-12/h4-5,7,9H,3,6,8H2,1-2H3,(H,16,17). The zero-order chi connectivity index (χ0) is 14.8. The Balaban J connectivity index is 1.95. The van der Waals surface area contributed by atoms with Gasteiger partial charge in [-0.2, -0.15) is 0 Å². The molecular formula is C14H17ClN2O3. The van der Waals surface area contributed by atoms with Gasteiger partial charge in [0.1, 0.15) is 5.82 Å². The number of nitrogens with zero attached hydrogens (tertiary/aromatic N) is 1. The molecule has 0 radical (unpaired) electrons. The van der Waals surface area contributed by atoms with E-state index in [0.29, 0.717) is 23.7 Å². The van der Waals surface area contributed by atoms with E-state index in [4.69, 9.17) is 16.3 Å². The van der Waals surface area contributed by atoms with Gasteiger partial charge in [0.15, 0.2) is 11.4 Å². The first-order valence-corrected chi connectivity index (χ1v) is 6.94. The van der Waals surface area contributed by atoms with Gasteiger partial charge in [0.05, 0.1) is 17.5 Å². The average molecular weight is 297 g/mol. The highest BCUT2D eigenvalue weighted by atomic mass is 35.5.